The summed E-state index contributed by atoms with van der Waals surface area (Å²) < 4.78 is 26.9. The molecule has 3 aromatic heterocycles. The predicted molar refractivity (Wildman–Crippen MR) is 126 cm³/mol. The molecule has 2 bridgehead atoms. The second-order valence-corrected chi connectivity index (χ2v) is 9.34. The van der Waals surface area contributed by atoms with E-state index in [9.17, 15) is 15.3 Å². The fourth-order valence-corrected chi connectivity index (χ4v) is 6.47. The molecule has 0 amide bonds. The number of aliphatic hydroxyl groups is 2. The highest BCUT2D eigenvalue weighted by Gasteiger charge is 2.60. The van der Waals surface area contributed by atoms with E-state index in [4.69, 9.17) is 7.48 Å². The summed E-state index contributed by atoms with van der Waals surface area (Å²) in [5.74, 6) is 0.0753. The number of rotatable bonds is 1. The Morgan fingerprint density at radius 1 is 1.03 bits per heavy atom. The summed E-state index contributed by atoms with van der Waals surface area (Å²) in [7, 11) is 0. The van der Waals surface area contributed by atoms with Crippen molar-refractivity contribution in [2.45, 2.75) is 30.9 Å². The Balaban J connectivity index is 1.78. The molecule has 33 heavy (non-hydrogen) atoms. The van der Waals surface area contributed by atoms with Crippen LogP contribution in [-0.4, -0.2) is 41.6 Å². The van der Waals surface area contributed by atoms with Crippen molar-refractivity contribution in [2.75, 3.05) is 6.56 Å². The number of hydrogen-bond donors (Lipinski definition) is 4. The monoisotopic (exact) mass is 441 g/mol. The van der Waals surface area contributed by atoms with Gasteiger partial charge in [-0.05, 0) is 19.1 Å². The molecule has 6 aromatic rings. The average Bonchev–Trinajstić information content (AvgIpc) is 3.50. The van der Waals surface area contributed by atoms with E-state index >= 15 is 0 Å². The number of ether oxygens (including phenoxy) is 1. The van der Waals surface area contributed by atoms with Crippen LogP contribution < -0.4 is 0 Å². The summed E-state index contributed by atoms with van der Waals surface area (Å²) in [6.45, 7) is -1.30. The number of para-hydroxylation sites is 2. The molecule has 7 heteroatoms. The maximum absolute atomic E-state index is 11.9. The molecule has 1 saturated heterocycles. The van der Waals surface area contributed by atoms with Gasteiger partial charge in [-0.2, -0.15) is 0 Å². The van der Waals surface area contributed by atoms with Crippen molar-refractivity contribution >= 4 is 54.4 Å². The van der Waals surface area contributed by atoms with Crippen molar-refractivity contribution in [3.8, 4) is 5.88 Å². The molecule has 0 aliphatic carbocycles. The first-order valence-electron chi connectivity index (χ1n) is 12.0. The third-order valence-electron chi connectivity index (χ3n) is 7.89. The summed E-state index contributed by atoms with van der Waals surface area (Å²) in [6, 6.07) is 15.5. The number of benzene rings is 3. The molecular weight excluding hydrogens is 418 g/mol. The number of aromatic amines is 1. The van der Waals surface area contributed by atoms with E-state index in [0.29, 0.717) is 5.39 Å². The van der Waals surface area contributed by atoms with Crippen molar-refractivity contribution in [1.82, 2.24) is 14.1 Å². The van der Waals surface area contributed by atoms with Crippen molar-refractivity contribution in [2.24, 2.45) is 0 Å². The smallest absolute Gasteiger partial charge is 0.197 e. The van der Waals surface area contributed by atoms with Crippen LogP contribution in [-0.2, 0) is 10.5 Å². The molecule has 4 N–H and O–H groups in total. The molecule has 0 saturated carbocycles. The van der Waals surface area contributed by atoms with Crippen molar-refractivity contribution in [3.63, 3.8) is 0 Å². The summed E-state index contributed by atoms with van der Waals surface area (Å²) in [4.78, 5) is 2.99. The van der Waals surface area contributed by atoms with Gasteiger partial charge >= 0.3 is 0 Å². The Morgan fingerprint density at radius 2 is 1.73 bits per heavy atom. The molecule has 3 aromatic carbocycles. The van der Waals surface area contributed by atoms with Gasteiger partial charge in [-0.1, -0.05) is 36.4 Å². The summed E-state index contributed by atoms with van der Waals surface area (Å²) in [6.07, 6.45) is 0.868. The van der Waals surface area contributed by atoms with Crippen molar-refractivity contribution in [1.29, 1.82) is 0 Å². The average molecular weight is 441 g/mol. The number of aromatic hydroxyl groups is 1. The number of nitrogens with zero attached hydrogens (tertiary/aromatic N) is 2. The van der Waals surface area contributed by atoms with Gasteiger partial charge < -0.3 is 34.2 Å². The Labute approximate surface area is 189 Å². The Kier molecular flexibility index (Phi) is 2.61. The lowest BCUT2D eigenvalue weighted by atomic mass is 9.90. The largest absolute Gasteiger partial charge is 0.494 e. The normalized spacial score (nSPS) is 27.9. The minimum absolute atomic E-state index is 0.0753. The first-order chi connectivity index (χ1) is 16.7. The minimum Gasteiger partial charge on any atom is -0.494 e. The van der Waals surface area contributed by atoms with Crippen LogP contribution in [0.25, 0.3) is 54.4 Å². The maximum atomic E-state index is 11.9. The Hall–Kier alpha value is -3.52. The molecule has 2 aliphatic rings. The van der Waals surface area contributed by atoms with Crippen LogP contribution >= 0.6 is 0 Å². The van der Waals surface area contributed by atoms with E-state index in [1.165, 1.54) is 0 Å². The number of nitrogens with one attached hydrogen (secondary N) is 1. The van der Waals surface area contributed by atoms with Gasteiger partial charge in [-0.3, -0.25) is 0 Å². The quantitative estimate of drug-likeness (QED) is 0.304. The van der Waals surface area contributed by atoms with E-state index < -0.39 is 24.1 Å². The van der Waals surface area contributed by atoms with Crippen molar-refractivity contribution in [3.05, 3.63) is 54.7 Å². The lowest BCUT2D eigenvalue weighted by Crippen LogP contribution is -2.52. The van der Waals surface area contributed by atoms with E-state index in [0.717, 1.165) is 49.0 Å². The number of aromatic nitrogens is 3. The number of H-pyrrole nitrogens is 1. The van der Waals surface area contributed by atoms with Gasteiger partial charge in [0.05, 0.1) is 36.8 Å². The second kappa shape index (κ2) is 5.34. The highest BCUT2D eigenvalue weighted by molar-refractivity contribution is 6.37. The zero-order valence-corrected chi connectivity index (χ0v) is 17.6. The van der Waals surface area contributed by atoms with Gasteiger partial charge in [0, 0.05) is 39.5 Å². The van der Waals surface area contributed by atoms with Gasteiger partial charge in [-0.25, -0.2) is 0 Å². The molecular formula is C26H21N3O4. The molecule has 0 unspecified atom stereocenters. The summed E-state index contributed by atoms with van der Waals surface area (Å²) >= 11 is 0. The third-order valence-corrected chi connectivity index (χ3v) is 7.89. The van der Waals surface area contributed by atoms with E-state index in [-0.39, 0.29) is 12.3 Å². The van der Waals surface area contributed by atoms with Crippen LogP contribution in [0.2, 0.25) is 0 Å². The van der Waals surface area contributed by atoms with Crippen LogP contribution in [0.3, 0.4) is 0 Å². The molecule has 5 heterocycles. The molecule has 0 spiro atoms. The highest BCUT2D eigenvalue weighted by Crippen LogP contribution is 2.57. The maximum Gasteiger partial charge on any atom is 0.197 e. The molecule has 7 nitrogen and oxygen atoms in total. The van der Waals surface area contributed by atoms with E-state index in [1.54, 1.807) is 13.1 Å². The first kappa shape index (κ1) is 16.1. The Morgan fingerprint density at radius 3 is 2.48 bits per heavy atom. The van der Waals surface area contributed by atoms with Gasteiger partial charge in [0.15, 0.2) is 11.6 Å². The zero-order valence-electron chi connectivity index (χ0n) is 19.6. The molecule has 0 radical (unpaired) electrons. The standard InChI is InChI=1S/C26H21N3O4/c1-25-26(32,12-30)10-18(33-25)28-16-8-4-2-6-13(16)20-21-15(11-27-24(21)31)19-14-7-3-5-9-17(14)29(25)23(19)22(20)28/h2-9,11,18,27,30-32H,10,12H2,1H3/t18-,25+,26+/m1/s1/i12D2. The summed E-state index contributed by atoms with van der Waals surface area (Å²) in [5, 5.41) is 38.6. The van der Waals surface area contributed by atoms with Gasteiger partial charge in [-0.15, -0.1) is 0 Å². The SMILES string of the molecule is [2H]C([2H])(O)[C@@]1(O)C[C@H]2O[C@]1(C)n1c3ccccc3c3c4c[nH]c(O)c4c4c5ccccc5n2c4c31. The predicted octanol–water partition coefficient (Wildman–Crippen LogP) is 4.42. The van der Waals surface area contributed by atoms with Crippen LogP contribution in [0.5, 0.6) is 5.88 Å². The second-order valence-electron chi connectivity index (χ2n) is 9.34. The fraction of sp³-hybridized carbons (Fsp3) is 0.231. The van der Waals surface area contributed by atoms with Crippen LogP contribution in [0.1, 0.15) is 22.3 Å². The highest BCUT2D eigenvalue weighted by atomic mass is 16.6. The number of fused-ring (bicyclic) bond motifs is 13. The van der Waals surface area contributed by atoms with Gasteiger partial charge in [0.1, 0.15) is 11.8 Å². The summed E-state index contributed by atoms with van der Waals surface area (Å²) in [5.41, 5.74) is -0.696. The molecule has 3 atom stereocenters. The Bertz CT molecular complexity index is 1910. The zero-order chi connectivity index (χ0) is 24.1. The topological polar surface area (TPSA) is 95.6 Å². The molecule has 164 valence electrons. The molecule has 1 fully saturated rings. The molecule has 2 aliphatic heterocycles. The minimum atomic E-state index is -2.94. The lowest BCUT2D eigenvalue weighted by molar-refractivity contribution is -0.189. The molecule has 8 rings (SSSR count). The van der Waals surface area contributed by atoms with Gasteiger partial charge in [0.2, 0.25) is 0 Å². The van der Waals surface area contributed by atoms with Crippen LogP contribution in [0.15, 0.2) is 54.7 Å². The van der Waals surface area contributed by atoms with E-state index in [1.807, 2.05) is 57.7 Å². The van der Waals surface area contributed by atoms with Crippen LogP contribution in [0, 0.1) is 0 Å². The fourth-order valence-electron chi connectivity index (χ4n) is 6.47. The first-order valence-corrected chi connectivity index (χ1v) is 11.0. The third kappa shape index (κ3) is 1.73. The van der Waals surface area contributed by atoms with Crippen LogP contribution in [0.4, 0.5) is 0 Å². The van der Waals surface area contributed by atoms with Crippen molar-refractivity contribution < 1.29 is 22.8 Å². The van der Waals surface area contributed by atoms with E-state index in [2.05, 4.69) is 4.98 Å². The van der Waals surface area contributed by atoms with Gasteiger partial charge in [0.25, 0.3) is 0 Å². The number of hydrogen-bond acceptors (Lipinski definition) is 4. The lowest BCUT2D eigenvalue weighted by Gasteiger charge is -2.38.